The molecule has 1 N–H and O–H groups in total. The van der Waals surface area contributed by atoms with Crippen LogP contribution in [0.1, 0.15) is 19.8 Å². The van der Waals surface area contributed by atoms with Crippen LogP contribution in [0, 0.1) is 5.92 Å². The molecule has 0 aliphatic carbocycles. The van der Waals surface area contributed by atoms with Crippen molar-refractivity contribution in [3.8, 4) is 0 Å². The SMILES string of the molecule is CCC1CN(CC(=O)Nc2ccc(Br)cc2)CCC1=O. The molecule has 20 heavy (non-hydrogen) atoms. The van der Waals surface area contributed by atoms with Crippen molar-refractivity contribution >= 4 is 33.3 Å². The Kier molecular flexibility index (Phi) is 5.31. The molecule has 1 aliphatic heterocycles. The summed E-state index contributed by atoms with van der Waals surface area (Å²) in [7, 11) is 0. The highest BCUT2D eigenvalue weighted by atomic mass is 79.9. The van der Waals surface area contributed by atoms with Crippen LogP contribution in [0.3, 0.4) is 0 Å². The third kappa shape index (κ3) is 4.15. The molecular formula is C15H19BrN2O2. The highest BCUT2D eigenvalue weighted by Gasteiger charge is 2.26. The number of amides is 1. The van der Waals surface area contributed by atoms with Crippen LogP contribution in [0.15, 0.2) is 28.7 Å². The molecule has 0 aromatic heterocycles. The summed E-state index contributed by atoms with van der Waals surface area (Å²) in [5.74, 6) is 0.387. The van der Waals surface area contributed by atoms with E-state index in [2.05, 4.69) is 26.1 Å². The van der Waals surface area contributed by atoms with E-state index in [-0.39, 0.29) is 11.8 Å². The van der Waals surface area contributed by atoms with Gasteiger partial charge in [0.15, 0.2) is 0 Å². The fourth-order valence-corrected chi connectivity index (χ4v) is 2.68. The van der Waals surface area contributed by atoms with Crippen LogP contribution in [0.5, 0.6) is 0 Å². The lowest BCUT2D eigenvalue weighted by Gasteiger charge is -2.30. The highest BCUT2D eigenvalue weighted by Crippen LogP contribution is 2.17. The summed E-state index contributed by atoms with van der Waals surface area (Å²) in [5, 5.41) is 2.87. The minimum atomic E-state index is -0.0310. The van der Waals surface area contributed by atoms with E-state index >= 15 is 0 Å². The first-order valence-corrected chi connectivity index (χ1v) is 7.68. The van der Waals surface area contributed by atoms with Crippen LogP contribution in [-0.4, -0.2) is 36.2 Å². The van der Waals surface area contributed by atoms with Gasteiger partial charge in [-0.1, -0.05) is 22.9 Å². The zero-order chi connectivity index (χ0) is 14.5. The van der Waals surface area contributed by atoms with Crippen molar-refractivity contribution in [2.75, 3.05) is 25.0 Å². The molecule has 1 saturated heterocycles. The molecule has 1 aromatic carbocycles. The van der Waals surface area contributed by atoms with Gasteiger partial charge >= 0.3 is 0 Å². The number of nitrogens with one attached hydrogen (secondary N) is 1. The van der Waals surface area contributed by atoms with Gasteiger partial charge in [-0.3, -0.25) is 14.5 Å². The molecule has 1 aromatic rings. The minimum absolute atomic E-state index is 0.0310. The summed E-state index contributed by atoms with van der Waals surface area (Å²) in [6.45, 7) is 3.75. The van der Waals surface area contributed by atoms with Gasteiger partial charge in [0.05, 0.1) is 6.54 Å². The lowest BCUT2D eigenvalue weighted by molar-refractivity contribution is -0.128. The normalized spacial score (nSPS) is 19.9. The number of carbonyl (C=O) groups excluding carboxylic acids is 2. The summed E-state index contributed by atoms with van der Waals surface area (Å²) >= 11 is 3.36. The van der Waals surface area contributed by atoms with Crippen LogP contribution in [0.2, 0.25) is 0 Å². The summed E-state index contributed by atoms with van der Waals surface area (Å²) in [4.78, 5) is 25.7. The second-order valence-corrected chi connectivity index (χ2v) is 6.03. The number of Topliss-reactive ketones (excluding diaryl/α,β-unsaturated/α-hetero) is 1. The van der Waals surface area contributed by atoms with Crippen molar-refractivity contribution in [3.63, 3.8) is 0 Å². The number of likely N-dealkylation sites (tertiary alicyclic amines) is 1. The number of halogens is 1. The molecule has 2 rings (SSSR count). The van der Waals surface area contributed by atoms with Crippen LogP contribution < -0.4 is 5.32 Å². The molecule has 1 aliphatic rings. The number of anilines is 1. The van der Waals surface area contributed by atoms with Gasteiger partial charge in [0, 0.05) is 35.6 Å². The molecular weight excluding hydrogens is 320 g/mol. The standard InChI is InChI=1S/C15H19BrN2O2/c1-2-11-9-18(8-7-14(11)19)10-15(20)17-13-5-3-12(16)4-6-13/h3-6,11H,2,7-10H2,1H3,(H,17,20). The van der Waals surface area contributed by atoms with Gasteiger partial charge in [-0.25, -0.2) is 0 Å². The summed E-state index contributed by atoms with van der Waals surface area (Å²) in [6, 6.07) is 7.50. The second-order valence-electron chi connectivity index (χ2n) is 5.11. The quantitative estimate of drug-likeness (QED) is 0.918. The van der Waals surface area contributed by atoms with E-state index in [9.17, 15) is 9.59 Å². The van der Waals surface area contributed by atoms with Gasteiger partial charge in [-0.15, -0.1) is 0 Å². The third-order valence-corrected chi connectivity index (χ3v) is 4.13. The van der Waals surface area contributed by atoms with Crippen molar-refractivity contribution in [3.05, 3.63) is 28.7 Å². The van der Waals surface area contributed by atoms with Gasteiger partial charge in [-0.05, 0) is 30.7 Å². The van der Waals surface area contributed by atoms with Gasteiger partial charge in [0.2, 0.25) is 5.91 Å². The van der Waals surface area contributed by atoms with Gasteiger partial charge < -0.3 is 5.32 Å². The lowest BCUT2D eigenvalue weighted by atomic mass is 9.94. The smallest absolute Gasteiger partial charge is 0.238 e. The first-order chi connectivity index (χ1) is 9.58. The summed E-state index contributed by atoms with van der Waals surface area (Å²) < 4.78 is 0.982. The first-order valence-electron chi connectivity index (χ1n) is 6.89. The van der Waals surface area contributed by atoms with Gasteiger partial charge in [0.25, 0.3) is 0 Å². The number of piperidine rings is 1. The molecule has 1 amide bonds. The van der Waals surface area contributed by atoms with E-state index < -0.39 is 0 Å². The molecule has 0 bridgehead atoms. The Balaban J connectivity index is 1.85. The number of hydrogen-bond donors (Lipinski definition) is 1. The number of rotatable bonds is 4. The van der Waals surface area contributed by atoms with E-state index in [4.69, 9.17) is 0 Å². The number of ketones is 1. The van der Waals surface area contributed by atoms with Crippen molar-refractivity contribution < 1.29 is 9.59 Å². The molecule has 1 heterocycles. The third-order valence-electron chi connectivity index (χ3n) is 3.60. The van der Waals surface area contributed by atoms with Crippen LogP contribution in [0.25, 0.3) is 0 Å². The maximum absolute atomic E-state index is 12.0. The Morgan fingerprint density at radius 2 is 2.10 bits per heavy atom. The molecule has 0 spiro atoms. The van der Waals surface area contributed by atoms with E-state index in [1.54, 1.807) is 0 Å². The van der Waals surface area contributed by atoms with Crippen LogP contribution >= 0.6 is 15.9 Å². The molecule has 4 nitrogen and oxygen atoms in total. The van der Waals surface area contributed by atoms with Crippen molar-refractivity contribution in [2.45, 2.75) is 19.8 Å². The molecule has 1 unspecified atom stereocenters. The Hall–Kier alpha value is -1.20. The van der Waals surface area contributed by atoms with Crippen molar-refractivity contribution in [2.24, 2.45) is 5.92 Å². The first kappa shape index (κ1) is 15.2. The van der Waals surface area contributed by atoms with E-state index in [1.165, 1.54) is 0 Å². The fourth-order valence-electron chi connectivity index (χ4n) is 2.41. The average molecular weight is 339 g/mol. The van der Waals surface area contributed by atoms with Gasteiger partial charge in [0.1, 0.15) is 5.78 Å². The maximum atomic E-state index is 12.0. The molecule has 0 saturated carbocycles. The Morgan fingerprint density at radius 3 is 2.75 bits per heavy atom. The number of carbonyl (C=O) groups is 2. The number of hydrogen-bond acceptors (Lipinski definition) is 3. The van der Waals surface area contributed by atoms with Crippen LogP contribution in [0.4, 0.5) is 5.69 Å². The minimum Gasteiger partial charge on any atom is -0.325 e. The second kappa shape index (κ2) is 6.99. The zero-order valence-corrected chi connectivity index (χ0v) is 13.1. The molecule has 108 valence electrons. The average Bonchev–Trinajstić information content (AvgIpc) is 2.43. The summed E-state index contributed by atoms with van der Waals surface area (Å²) in [5.41, 5.74) is 0.790. The lowest BCUT2D eigenvalue weighted by Crippen LogP contribution is -2.44. The number of nitrogens with zero attached hydrogens (tertiary/aromatic N) is 1. The zero-order valence-electron chi connectivity index (χ0n) is 11.6. The van der Waals surface area contributed by atoms with Crippen molar-refractivity contribution in [1.29, 1.82) is 0 Å². The van der Waals surface area contributed by atoms with E-state index in [0.717, 1.165) is 16.6 Å². The largest absolute Gasteiger partial charge is 0.325 e. The van der Waals surface area contributed by atoms with Crippen molar-refractivity contribution in [1.82, 2.24) is 4.90 Å². The predicted molar refractivity (Wildman–Crippen MR) is 82.6 cm³/mol. The maximum Gasteiger partial charge on any atom is 0.238 e. The summed E-state index contributed by atoms with van der Waals surface area (Å²) in [6.07, 6.45) is 1.41. The molecule has 1 atom stereocenters. The fraction of sp³-hybridized carbons (Fsp3) is 0.467. The molecule has 5 heteroatoms. The Morgan fingerprint density at radius 1 is 1.40 bits per heavy atom. The topological polar surface area (TPSA) is 49.4 Å². The Bertz CT molecular complexity index is 487. The molecule has 0 radical (unpaired) electrons. The van der Waals surface area contributed by atoms with Crippen LogP contribution in [-0.2, 0) is 9.59 Å². The Labute approximate surface area is 127 Å². The monoisotopic (exact) mass is 338 g/mol. The predicted octanol–water partition coefficient (Wildman–Crippen LogP) is 2.69. The van der Waals surface area contributed by atoms with Gasteiger partial charge in [-0.2, -0.15) is 0 Å². The van der Waals surface area contributed by atoms with E-state index in [0.29, 0.717) is 31.8 Å². The van der Waals surface area contributed by atoms with E-state index in [1.807, 2.05) is 31.2 Å². The highest BCUT2D eigenvalue weighted by molar-refractivity contribution is 9.10. The molecule has 1 fully saturated rings. The number of benzene rings is 1.